The van der Waals surface area contributed by atoms with Crippen molar-refractivity contribution in [1.29, 1.82) is 0 Å². The quantitative estimate of drug-likeness (QED) is 0.766. The first kappa shape index (κ1) is 17.2. The highest BCUT2D eigenvalue weighted by Crippen LogP contribution is 2.22. The second-order valence-corrected chi connectivity index (χ2v) is 6.81. The van der Waals surface area contributed by atoms with Crippen molar-refractivity contribution in [2.75, 3.05) is 32.8 Å². The summed E-state index contributed by atoms with van der Waals surface area (Å²) in [5, 5.41) is 2.92. The van der Waals surface area contributed by atoms with E-state index in [4.69, 9.17) is 9.47 Å². The maximum atomic E-state index is 12.1. The van der Waals surface area contributed by atoms with E-state index in [1.807, 2.05) is 0 Å². The number of esters is 1. The number of carbonyl (C=O) groups excluding carboxylic acids is 2. The molecule has 0 radical (unpaired) electrons. The molecule has 1 amide bonds. The number of ether oxygens (including phenoxy) is 2. The first-order chi connectivity index (χ1) is 10.4. The predicted octanol–water partition coefficient (Wildman–Crippen LogP) is 0.945. The fraction of sp³-hybridized carbons (Fsp3) is 0.875. The van der Waals surface area contributed by atoms with Crippen molar-refractivity contribution in [2.24, 2.45) is 5.92 Å². The van der Waals surface area contributed by atoms with Crippen LogP contribution in [0.1, 0.15) is 40.0 Å². The molecule has 0 saturated carbocycles. The van der Waals surface area contributed by atoms with Crippen LogP contribution in [0.25, 0.3) is 0 Å². The van der Waals surface area contributed by atoms with Gasteiger partial charge in [0, 0.05) is 26.1 Å². The van der Waals surface area contributed by atoms with Gasteiger partial charge in [-0.1, -0.05) is 0 Å². The summed E-state index contributed by atoms with van der Waals surface area (Å²) in [6.45, 7) is 9.09. The van der Waals surface area contributed by atoms with Gasteiger partial charge >= 0.3 is 5.97 Å². The average Bonchev–Trinajstić information content (AvgIpc) is 2.98. The van der Waals surface area contributed by atoms with Crippen LogP contribution in [-0.2, 0) is 19.1 Å². The van der Waals surface area contributed by atoms with Crippen LogP contribution in [0.15, 0.2) is 0 Å². The summed E-state index contributed by atoms with van der Waals surface area (Å²) in [5.74, 6) is -0.169. The van der Waals surface area contributed by atoms with Gasteiger partial charge in [-0.3, -0.25) is 14.5 Å². The molecule has 0 aromatic carbocycles. The molecule has 0 spiro atoms. The Morgan fingerprint density at radius 1 is 1.27 bits per heavy atom. The summed E-state index contributed by atoms with van der Waals surface area (Å²) in [6.07, 6.45) is 3.31. The Morgan fingerprint density at radius 3 is 2.50 bits per heavy atom. The van der Waals surface area contributed by atoms with Crippen molar-refractivity contribution >= 4 is 11.9 Å². The van der Waals surface area contributed by atoms with E-state index < -0.39 is 11.6 Å². The highest BCUT2D eigenvalue weighted by Gasteiger charge is 2.32. The number of carbonyl (C=O) groups is 2. The molecule has 126 valence electrons. The van der Waals surface area contributed by atoms with Gasteiger partial charge in [0.2, 0.25) is 0 Å². The first-order valence-corrected chi connectivity index (χ1v) is 8.18. The third-order valence-corrected chi connectivity index (χ3v) is 4.57. The van der Waals surface area contributed by atoms with Gasteiger partial charge in [0.25, 0.3) is 5.91 Å². The van der Waals surface area contributed by atoms with Crippen molar-refractivity contribution in [3.63, 3.8) is 0 Å². The number of rotatable bonds is 5. The highest BCUT2D eigenvalue weighted by atomic mass is 16.6. The SMILES string of the molecule is CC(=O)OC(C)(C)C(=O)NCC1CCN(C2CCOC2)CC1. The summed E-state index contributed by atoms with van der Waals surface area (Å²) in [5.41, 5.74) is -1.10. The predicted molar refractivity (Wildman–Crippen MR) is 82.4 cm³/mol. The lowest BCUT2D eigenvalue weighted by Crippen LogP contribution is -2.48. The van der Waals surface area contributed by atoms with Gasteiger partial charge in [-0.2, -0.15) is 0 Å². The number of likely N-dealkylation sites (tertiary alicyclic amines) is 1. The van der Waals surface area contributed by atoms with Crippen LogP contribution in [-0.4, -0.2) is 61.3 Å². The third-order valence-electron chi connectivity index (χ3n) is 4.57. The molecule has 1 atom stereocenters. The molecule has 0 aromatic rings. The van der Waals surface area contributed by atoms with Crippen molar-refractivity contribution in [1.82, 2.24) is 10.2 Å². The van der Waals surface area contributed by atoms with Gasteiger partial charge < -0.3 is 14.8 Å². The maximum absolute atomic E-state index is 12.1. The van der Waals surface area contributed by atoms with Gasteiger partial charge in [0.05, 0.1) is 6.61 Å². The van der Waals surface area contributed by atoms with Gasteiger partial charge in [-0.15, -0.1) is 0 Å². The zero-order valence-corrected chi connectivity index (χ0v) is 13.9. The zero-order valence-electron chi connectivity index (χ0n) is 13.9. The Hall–Kier alpha value is -1.14. The molecule has 1 unspecified atom stereocenters. The molecule has 6 nitrogen and oxygen atoms in total. The molecule has 22 heavy (non-hydrogen) atoms. The van der Waals surface area contributed by atoms with Crippen LogP contribution in [0.5, 0.6) is 0 Å². The molecule has 2 fully saturated rings. The molecule has 0 aliphatic carbocycles. The van der Waals surface area contributed by atoms with Gasteiger partial charge in [0.1, 0.15) is 0 Å². The zero-order chi connectivity index (χ0) is 16.2. The van der Waals surface area contributed by atoms with E-state index in [0.29, 0.717) is 18.5 Å². The third kappa shape index (κ3) is 4.68. The van der Waals surface area contributed by atoms with E-state index in [-0.39, 0.29) is 5.91 Å². The summed E-state index contributed by atoms with van der Waals surface area (Å²) in [7, 11) is 0. The van der Waals surface area contributed by atoms with E-state index in [0.717, 1.165) is 45.6 Å². The molecular weight excluding hydrogens is 284 g/mol. The topological polar surface area (TPSA) is 67.9 Å². The lowest BCUT2D eigenvalue weighted by molar-refractivity contribution is -0.163. The summed E-state index contributed by atoms with van der Waals surface area (Å²) in [4.78, 5) is 25.6. The van der Waals surface area contributed by atoms with E-state index >= 15 is 0 Å². The summed E-state index contributed by atoms with van der Waals surface area (Å²) in [6, 6.07) is 0.582. The first-order valence-electron chi connectivity index (χ1n) is 8.18. The maximum Gasteiger partial charge on any atom is 0.303 e. The number of piperidine rings is 1. The number of amides is 1. The van der Waals surface area contributed by atoms with E-state index in [9.17, 15) is 9.59 Å². The average molecular weight is 312 g/mol. The molecule has 2 saturated heterocycles. The largest absolute Gasteiger partial charge is 0.450 e. The van der Waals surface area contributed by atoms with Crippen molar-refractivity contribution in [3.8, 4) is 0 Å². The van der Waals surface area contributed by atoms with Crippen LogP contribution in [0, 0.1) is 5.92 Å². The Balaban J connectivity index is 1.70. The van der Waals surface area contributed by atoms with Crippen LogP contribution in [0.4, 0.5) is 0 Å². The molecule has 0 bridgehead atoms. The Bertz CT molecular complexity index is 397. The van der Waals surface area contributed by atoms with E-state index in [1.165, 1.54) is 6.92 Å². The van der Waals surface area contributed by atoms with E-state index in [1.54, 1.807) is 13.8 Å². The molecule has 1 N–H and O–H groups in total. The van der Waals surface area contributed by atoms with E-state index in [2.05, 4.69) is 10.2 Å². The Morgan fingerprint density at radius 2 is 1.95 bits per heavy atom. The Kier molecular flexibility index (Phi) is 5.81. The van der Waals surface area contributed by atoms with Crippen LogP contribution in [0.3, 0.4) is 0 Å². The van der Waals surface area contributed by atoms with Crippen molar-refractivity contribution in [3.05, 3.63) is 0 Å². The lowest BCUT2D eigenvalue weighted by Gasteiger charge is -2.35. The molecular formula is C16H28N2O4. The van der Waals surface area contributed by atoms with Gasteiger partial charge in [-0.05, 0) is 52.1 Å². The molecule has 2 heterocycles. The standard InChI is InChI=1S/C16H28N2O4/c1-12(19)22-16(2,3)15(20)17-10-13-4-7-18(8-5-13)14-6-9-21-11-14/h13-14H,4-11H2,1-3H3,(H,17,20). The minimum absolute atomic E-state index is 0.227. The Labute approximate surface area is 132 Å². The van der Waals surface area contributed by atoms with Crippen LogP contribution < -0.4 is 5.32 Å². The second-order valence-electron chi connectivity index (χ2n) is 6.81. The number of hydrogen-bond acceptors (Lipinski definition) is 5. The molecule has 6 heteroatoms. The minimum atomic E-state index is -1.10. The second kappa shape index (κ2) is 7.42. The molecule has 2 aliphatic rings. The van der Waals surface area contributed by atoms with Crippen LogP contribution >= 0.6 is 0 Å². The monoisotopic (exact) mass is 312 g/mol. The summed E-state index contributed by atoms with van der Waals surface area (Å²) < 4.78 is 10.5. The van der Waals surface area contributed by atoms with Crippen LogP contribution in [0.2, 0.25) is 0 Å². The molecule has 2 rings (SSSR count). The number of nitrogens with one attached hydrogen (secondary N) is 1. The molecule has 2 aliphatic heterocycles. The smallest absolute Gasteiger partial charge is 0.303 e. The number of nitrogens with zero attached hydrogens (tertiary/aromatic N) is 1. The highest BCUT2D eigenvalue weighted by molar-refractivity contribution is 5.86. The number of hydrogen-bond donors (Lipinski definition) is 1. The van der Waals surface area contributed by atoms with Gasteiger partial charge in [-0.25, -0.2) is 0 Å². The lowest BCUT2D eigenvalue weighted by atomic mass is 9.95. The van der Waals surface area contributed by atoms with Crippen molar-refractivity contribution < 1.29 is 19.1 Å². The fourth-order valence-corrected chi connectivity index (χ4v) is 3.19. The summed E-state index contributed by atoms with van der Waals surface area (Å²) >= 11 is 0. The van der Waals surface area contributed by atoms with Crippen molar-refractivity contribution in [2.45, 2.75) is 51.7 Å². The molecule has 0 aromatic heterocycles. The van der Waals surface area contributed by atoms with Gasteiger partial charge in [0.15, 0.2) is 5.60 Å². The fourth-order valence-electron chi connectivity index (χ4n) is 3.19. The minimum Gasteiger partial charge on any atom is -0.450 e. The normalized spacial score (nSPS) is 24.2.